The maximum atomic E-state index is 5.78. The molecule has 4 heteroatoms. The van der Waals surface area contributed by atoms with Crippen LogP contribution in [0.25, 0.3) is 0 Å². The molecule has 2 N–H and O–H groups in total. The molecular formula is C9H19N3S. The second kappa shape index (κ2) is 4.74. The Hall–Kier alpha value is -0.380. The molecule has 1 unspecified atom stereocenters. The number of guanidine groups is 1. The van der Waals surface area contributed by atoms with Crippen molar-refractivity contribution in [3.05, 3.63) is 0 Å². The lowest BCUT2D eigenvalue weighted by atomic mass is 10.1. The van der Waals surface area contributed by atoms with Gasteiger partial charge in [-0.15, -0.1) is 0 Å². The van der Waals surface area contributed by atoms with Crippen molar-refractivity contribution in [1.82, 2.24) is 4.90 Å². The summed E-state index contributed by atoms with van der Waals surface area (Å²) in [5.74, 6) is 2.57. The molecule has 1 aliphatic rings. The standard InChI is InChI=1S/C9H19N3S/c1-7(2)8-6-12(4-5-13-8)9(10)11-3/h7-8H,4-6H2,1-3H3,(H2,10,11). The number of aliphatic imine (C=N–C) groups is 1. The van der Waals surface area contributed by atoms with Crippen molar-refractivity contribution in [1.29, 1.82) is 0 Å². The van der Waals surface area contributed by atoms with E-state index in [0.29, 0.717) is 11.2 Å². The van der Waals surface area contributed by atoms with E-state index in [2.05, 4.69) is 35.5 Å². The molecule has 1 rings (SSSR count). The Morgan fingerprint density at radius 1 is 1.62 bits per heavy atom. The Labute approximate surface area is 84.8 Å². The predicted octanol–water partition coefficient (Wildman–Crippen LogP) is 1.00. The van der Waals surface area contributed by atoms with Gasteiger partial charge in [-0.05, 0) is 5.92 Å². The monoisotopic (exact) mass is 201 g/mol. The van der Waals surface area contributed by atoms with Crippen molar-refractivity contribution >= 4 is 17.7 Å². The topological polar surface area (TPSA) is 41.6 Å². The lowest BCUT2D eigenvalue weighted by molar-refractivity contribution is 0.389. The molecule has 3 nitrogen and oxygen atoms in total. The fourth-order valence-corrected chi connectivity index (χ4v) is 2.73. The van der Waals surface area contributed by atoms with E-state index in [1.54, 1.807) is 7.05 Å². The minimum atomic E-state index is 0.686. The van der Waals surface area contributed by atoms with Crippen LogP contribution in [-0.2, 0) is 0 Å². The van der Waals surface area contributed by atoms with Gasteiger partial charge in [-0.25, -0.2) is 0 Å². The molecule has 0 saturated carbocycles. The van der Waals surface area contributed by atoms with Gasteiger partial charge in [-0.3, -0.25) is 4.99 Å². The van der Waals surface area contributed by atoms with Crippen molar-refractivity contribution in [2.75, 3.05) is 25.9 Å². The van der Waals surface area contributed by atoms with Gasteiger partial charge in [-0.2, -0.15) is 11.8 Å². The van der Waals surface area contributed by atoms with Crippen LogP contribution in [0.5, 0.6) is 0 Å². The van der Waals surface area contributed by atoms with Crippen LogP contribution in [-0.4, -0.2) is 42.0 Å². The average molecular weight is 201 g/mol. The number of rotatable bonds is 1. The molecule has 0 bridgehead atoms. The summed E-state index contributed by atoms with van der Waals surface area (Å²) in [4.78, 5) is 6.20. The van der Waals surface area contributed by atoms with Crippen LogP contribution in [0.15, 0.2) is 4.99 Å². The van der Waals surface area contributed by atoms with Gasteiger partial charge in [0.25, 0.3) is 0 Å². The van der Waals surface area contributed by atoms with Crippen molar-refractivity contribution in [3.63, 3.8) is 0 Å². The fraction of sp³-hybridized carbons (Fsp3) is 0.889. The summed E-state index contributed by atoms with van der Waals surface area (Å²) < 4.78 is 0. The summed E-state index contributed by atoms with van der Waals surface area (Å²) in [6, 6.07) is 0. The summed E-state index contributed by atoms with van der Waals surface area (Å²) in [5.41, 5.74) is 5.78. The van der Waals surface area contributed by atoms with E-state index in [1.165, 1.54) is 5.75 Å². The van der Waals surface area contributed by atoms with Crippen LogP contribution in [0.1, 0.15) is 13.8 Å². The smallest absolute Gasteiger partial charge is 0.191 e. The van der Waals surface area contributed by atoms with E-state index in [-0.39, 0.29) is 0 Å². The third-order valence-electron chi connectivity index (χ3n) is 2.39. The van der Waals surface area contributed by atoms with Crippen LogP contribution < -0.4 is 5.73 Å². The molecule has 13 heavy (non-hydrogen) atoms. The number of hydrogen-bond acceptors (Lipinski definition) is 2. The largest absolute Gasteiger partial charge is 0.370 e. The van der Waals surface area contributed by atoms with Crippen LogP contribution in [0.3, 0.4) is 0 Å². The highest BCUT2D eigenvalue weighted by Crippen LogP contribution is 2.24. The first-order chi connectivity index (χ1) is 6.15. The lowest BCUT2D eigenvalue weighted by Crippen LogP contribution is -2.46. The van der Waals surface area contributed by atoms with Crippen molar-refractivity contribution in [2.24, 2.45) is 16.6 Å². The number of thioether (sulfide) groups is 1. The number of nitrogens with two attached hydrogens (primary N) is 1. The molecule has 1 atom stereocenters. The van der Waals surface area contributed by atoms with Crippen molar-refractivity contribution in [3.8, 4) is 0 Å². The van der Waals surface area contributed by atoms with Gasteiger partial charge in [0, 0.05) is 31.1 Å². The molecule has 1 aliphatic heterocycles. The third kappa shape index (κ3) is 2.79. The molecule has 1 fully saturated rings. The van der Waals surface area contributed by atoms with E-state index in [4.69, 9.17) is 5.73 Å². The lowest BCUT2D eigenvalue weighted by Gasteiger charge is -2.34. The second-order valence-corrected chi connectivity index (χ2v) is 5.03. The summed E-state index contributed by atoms with van der Waals surface area (Å²) in [6.45, 7) is 6.61. The normalized spacial score (nSPS) is 25.4. The van der Waals surface area contributed by atoms with Crippen molar-refractivity contribution in [2.45, 2.75) is 19.1 Å². The van der Waals surface area contributed by atoms with E-state index in [9.17, 15) is 0 Å². The molecule has 0 spiro atoms. The Kier molecular flexibility index (Phi) is 3.90. The summed E-state index contributed by atoms with van der Waals surface area (Å²) in [6.07, 6.45) is 0. The zero-order valence-electron chi connectivity index (χ0n) is 8.66. The van der Waals surface area contributed by atoms with E-state index in [0.717, 1.165) is 19.0 Å². The molecule has 0 radical (unpaired) electrons. The second-order valence-electron chi connectivity index (χ2n) is 3.68. The van der Waals surface area contributed by atoms with Gasteiger partial charge in [0.1, 0.15) is 0 Å². The van der Waals surface area contributed by atoms with Crippen LogP contribution >= 0.6 is 11.8 Å². The summed E-state index contributed by atoms with van der Waals surface area (Å²) in [7, 11) is 1.75. The quantitative estimate of drug-likeness (QED) is 0.508. The van der Waals surface area contributed by atoms with Crippen LogP contribution in [0.4, 0.5) is 0 Å². The molecule has 1 heterocycles. The van der Waals surface area contributed by atoms with Crippen LogP contribution in [0.2, 0.25) is 0 Å². The Morgan fingerprint density at radius 2 is 2.31 bits per heavy atom. The summed E-state index contributed by atoms with van der Waals surface area (Å²) in [5, 5.41) is 0.703. The maximum Gasteiger partial charge on any atom is 0.191 e. The van der Waals surface area contributed by atoms with Gasteiger partial charge >= 0.3 is 0 Å². The molecule has 0 aromatic heterocycles. The molecule has 0 aromatic carbocycles. The highest BCUT2D eigenvalue weighted by Gasteiger charge is 2.23. The van der Waals surface area contributed by atoms with E-state index >= 15 is 0 Å². The van der Waals surface area contributed by atoms with Gasteiger partial charge < -0.3 is 10.6 Å². The molecule has 1 saturated heterocycles. The maximum absolute atomic E-state index is 5.78. The summed E-state index contributed by atoms with van der Waals surface area (Å²) >= 11 is 2.05. The minimum Gasteiger partial charge on any atom is -0.370 e. The zero-order valence-corrected chi connectivity index (χ0v) is 9.47. The fourth-order valence-electron chi connectivity index (χ4n) is 1.43. The number of nitrogens with zero attached hydrogens (tertiary/aromatic N) is 2. The molecule has 76 valence electrons. The first-order valence-corrected chi connectivity index (χ1v) is 5.78. The minimum absolute atomic E-state index is 0.686. The highest BCUT2D eigenvalue weighted by atomic mass is 32.2. The predicted molar refractivity (Wildman–Crippen MR) is 60.2 cm³/mol. The SMILES string of the molecule is CN=C(N)N1CCSC(C(C)C)C1. The first kappa shape index (κ1) is 10.7. The molecular weight excluding hydrogens is 182 g/mol. The first-order valence-electron chi connectivity index (χ1n) is 4.74. The molecule has 0 aliphatic carbocycles. The number of hydrogen-bond donors (Lipinski definition) is 1. The van der Waals surface area contributed by atoms with Gasteiger partial charge in [0.2, 0.25) is 0 Å². The van der Waals surface area contributed by atoms with Gasteiger partial charge in [0.05, 0.1) is 0 Å². The Bertz CT molecular complexity index is 191. The van der Waals surface area contributed by atoms with E-state index < -0.39 is 0 Å². The van der Waals surface area contributed by atoms with Gasteiger partial charge in [0.15, 0.2) is 5.96 Å². The Morgan fingerprint density at radius 3 is 2.85 bits per heavy atom. The molecule has 0 amide bonds. The van der Waals surface area contributed by atoms with Gasteiger partial charge in [-0.1, -0.05) is 13.8 Å². The highest BCUT2D eigenvalue weighted by molar-refractivity contribution is 8.00. The average Bonchev–Trinajstić information content (AvgIpc) is 2.17. The Balaban J connectivity index is 2.51. The third-order valence-corrected chi connectivity index (χ3v) is 3.93. The van der Waals surface area contributed by atoms with Crippen molar-refractivity contribution < 1.29 is 0 Å². The van der Waals surface area contributed by atoms with Crippen LogP contribution in [0, 0.1) is 5.92 Å². The zero-order chi connectivity index (χ0) is 9.84. The van der Waals surface area contributed by atoms with E-state index in [1.807, 2.05) is 0 Å². The molecule has 0 aromatic rings.